The van der Waals surface area contributed by atoms with E-state index in [2.05, 4.69) is 26.6 Å². The van der Waals surface area contributed by atoms with Crippen LogP contribution in [-0.2, 0) is 11.2 Å². The number of carbonyl (C=O) groups is 2. The van der Waals surface area contributed by atoms with Gasteiger partial charge in [0.1, 0.15) is 5.54 Å². The Labute approximate surface area is 124 Å². The number of carboxylic acids is 1. The van der Waals surface area contributed by atoms with Crippen molar-refractivity contribution in [2.75, 3.05) is 6.54 Å². The van der Waals surface area contributed by atoms with Crippen LogP contribution >= 0.6 is 27.3 Å². The van der Waals surface area contributed by atoms with E-state index in [0.29, 0.717) is 13.0 Å². The van der Waals surface area contributed by atoms with Gasteiger partial charge in [-0.2, -0.15) is 0 Å². The van der Waals surface area contributed by atoms with E-state index < -0.39 is 17.5 Å². The molecule has 0 aromatic carbocycles. The van der Waals surface area contributed by atoms with E-state index in [0.717, 1.165) is 15.1 Å². The number of urea groups is 1. The Hall–Kier alpha value is -1.08. The number of hydrogen-bond acceptors (Lipinski definition) is 3. The first kappa shape index (κ1) is 16.0. The van der Waals surface area contributed by atoms with Crippen LogP contribution in [0, 0.1) is 0 Å². The monoisotopic (exact) mass is 348 g/mol. The smallest absolute Gasteiger partial charge is 0.329 e. The summed E-state index contributed by atoms with van der Waals surface area (Å²) in [4.78, 5) is 23.8. The Balaban J connectivity index is 2.37. The molecule has 7 heteroatoms. The molecular weight excluding hydrogens is 332 g/mol. The maximum atomic E-state index is 11.6. The van der Waals surface area contributed by atoms with Crippen molar-refractivity contribution < 1.29 is 14.7 Å². The molecule has 0 radical (unpaired) electrons. The first-order valence-corrected chi connectivity index (χ1v) is 7.52. The number of hydrogen-bond donors (Lipinski definition) is 3. The molecule has 19 heavy (non-hydrogen) atoms. The molecule has 0 fully saturated rings. The third-order valence-electron chi connectivity index (χ3n) is 2.85. The van der Waals surface area contributed by atoms with Crippen molar-refractivity contribution in [3.8, 4) is 0 Å². The zero-order valence-corrected chi connectivity index (χ0v) is 13.2. The first-order valence-electron chi connectivity index (χ1n) is 5.91. The minimum Gasteiger partial charge on any atom is -0.480 e. The van der Waals surface area contributed by atoms with Crippen LogP contribution in [-0.4, -0.2) is 29.2 Å². The summed E-state index contributed by atoms with van der Waals surface area (Å²) in [6, 6.07) is 3.49. The van der Waals surface area contributed by atoms with Gasteiger partial charge in [-0.05, 0) is 47.8 Å². The summed E-state index contributed by atoms with van der Waals surface area (Å²) in [6.45, 7) is 3.68. The predicted molar refractivity (Wildman–Crippen MR) is 78.6 cm³/mol. The van der Waals surface area contributed by atoms with Crippen molar-refractivity contribution in [2.45, 2.75) is 32.2 Å². The molecule has 1 unspecified atom stereocenters. The lowest BCUT2D eigenvalue weighted by Gasteiger charge is -2.24. The number of carbonyl (C=O) groups excluding carboxylic acids is 1. The zero-order chi connectivity index (χ0) is 14.5. The molecule has 1 rings (SSSR count). The number of halogens is 1. The number of nitrogens with one attached hydrogen (secondary N) is 2. The van der Waals surface area contributed by atoms with Crippen LogP contribution in [0.4, 0.5) is 4.79 Å². The number of carboxylic acid groups (broad SMARTS) is 1. The lowest BCUT2D eigenvalue weighted by molar-refractivity contribution is -0.143. The summed E-state index contributed by atoms with van der Waals surface area (Å²) in [5, 5.41) is 14.2. The van der Waals surface area contributed by atoms with Gasteiger partial charge in [-0.15, -0.1) is 11.3 Å². The highest BCUT2D eigenvalue weighted by atomic mass is 79.9. The summed E-state index contributed by atoms with van der Waals surface area (Å²) < 4.78 is 1.05. The number of aliphatic carboxylic acids is 1. The SMILES string of the molecule is CCC(C)(NC(=O)NCCc1ccc(Br)s1)C(=O)O. The summed E-state index contributed by atoms with van der Waals surface area (Å²) in [5.74, 6) is -1.03. The second-order valence-corrected chi connectivity index (χ2v) is 6.88. The van der Waals surface area contributed by atoms with Gasteiger partial charge in [-0.1, -0.05) is 6.92 Å². The molecule has 1 aromatic rings. The van der Waals surface area contributed by atoms with Crippen LogP contribution in [0.5, 0.6) is 0 Å². The van der Waals surface area contributed by atoms with E-state index in [1.807, 2.05) is 12.1 Å². The molecule has 0 aliphatic heterocycles. The highest BCUT2D eigenvalue weighted by Gasteiger charge is 2.32. The Bertz CT molecular complexity index is 464. The van der Waals surface area contributed by atoms with Crippen molar-refractivity contribution in [3.05, 3.63) is 20.8 Å². The second kappa shape index (κ2) is 6.91. The van der Waals surface area contributed by atoms with E-state index in [-0.39, 0.29) is 0 Å². The van der Waals surface area contributed by atoms with Gasteiger partial charge >= 0.3 is 12.0 Å². The molecule has 0 bridgehead atoms. The van der Waals surface area contributed by atoms with E-state index >= 15 is 0 Å². The quantitative estimate of drug-likeness (QED) is 0.739. The maximum absolute atomic E-state index is 11.6. The van der Waals surface area contributed by atoms with Crippen molar-refractivity contribution in [2.24, 2.45) is 0 Å². The highest BCUT2D eigenvalue weighted by Crippen LogP contribution is 2.22. The van der Waals surface area contributed by atoms with Gasteiger partial charge in [-0.3, -0.25) is 0 Å². The first-order chi connectivity index (χ1) is 8.87. The molecular formula is C12H17BrN2O3S. The molecule has 2 amide bonds. The summed E-state index contributed by atoms with van der Waals surface area (Å²) >= 11 is 4.98. The third-order valence-corrected chi connectivity index (χ3v) is 4.54. The second-order valence-electron chi connectivity index (χ2n) is 4.33. The fourth-order valence-corrected chi connectivity index (χ4v) is 2.86. The Morgan fingerprint density at radius 1 is 1.47 bits per heavy atom. The number of amides is 2. The number of thiophene rings is 1. The van der Waals surface area contributed by atoms with Crippen LogP contribution in [0.15, 0.2) is 15.9 Å². The highest BCUT2D eigenvalue weighted by molar-refractivity contribution is 9.11. The van der Waals surface area contributed by atoms with Gasteiger partial charge in [0, 0.05) is 11.4 Å². The van der Waals surface area contributed by atoms with Crippen LogP contribution in [0.3, 0.4) is 0 Å². The van der Waals surface area contributed by atoms with Crippen molar-refractivity contribution in [3.63, 3.8) is 0 Å². The van der Waals surface area contributed by atoms with Gasteiger partial charge in [-0.25, -0.2) is 9.59 Å². The Morgan fingerprint density at radius 2 is 2.16 bits per heavy atom. The Kier molecular flexibility index (Phi) is 5.81. The average molecular weight is 349 g/mol. The van der Waals surface area contributed by atoms with Gasteiger partial charge in [0.15, 0.2) is 0 Å². The number of rotatable bonds is 6. The van der Waals surface area contributed by atoms with Crippen molar-refractivity contribution in [1.29, 1.82) is 0 Å². The average Bonchev–Trinajstić information content (AvgIpc) is 2.74. The minimum absolute atomic E-state index is 0.327. The molecule has 5 nitrogen and oxygen atoms in total. The molecule has 0 aliphatic rings. The topological polar surface area (TPSA) is 78.4 Å². The zero-order valence-electron chi connectivity index (χ0n) is 10.8. The molecule has 0 saturated heterocycles. The summed E-state index contributed by atoms with van der Waals surface area (Å²) in [6.07, 6.45) is 1.05. The van der Waals surface area contributed by atoms with Crippen LogP contribution < -0.4 is 10.6 Å². The summed E-state index contributed by atoms with van der Waals surface area (Å²) in [5.41, 5.74) is -1.23. The fourth-order valence-electron chi connectivity index (χ4n) is 1.37. The fraction of sp³-hybridized carbons (Fsp3) is 0.500. The van der Waals surface area contributed by atoms with Gasteiger partial charge in [0.2, 0.25) is 0 Å². The van der Waals surface area contributed by atoms with Crippen LogP contribution in [0.25, 0.3) is 0 Å². The molecule has 1 atom stereocenters. The maximum Gasteiger partial charge on any atom is 0.329 e. The van der Waals surface area contributed by atoms with Crippen LogP contribution in [0.2, 0.25) is 0 Å². The van der Waals surface area contributed by atoms with E-state index in [4.69, 9.17) is 5.11 Å². The molecule has 3 N–H and O–H groups in total. The lowest BCUT2D eigenvalue weighted by Crippen LogP contribution is -2.55. The third kappa shape index (κ3) is 4.83. The van der Waals surface area contributed by atoms with Gasteiger partial charge in [0.05, 0.1) is 3.79 Å². The standard InChI is InChI=1S/C12H17BrN2O3S/c1-3-12(2,10(16)17)15-11(18)14-7-6-8-4-5-9(13)19-8/h4-5H,3,6-7H2,1-2H3,(H,16,17)(H2,14,15,18). The minimum atomic E-state index is -1.23. The molecule has 106 valence electrons. The van der Waals surface area contributed by atoms with E-state index in [1.54, 1.807) is 18.3 Å². The van der Waals surface area contributed by atoms with Crippen LogP contribution in [0.1, 0.15) is 25.1 Å². The normalized spacial score (nSPS) is 13.6. The lowest BCUT2D eigenvalue weighted by atomic mass is 10.00. The Morgan fingerprint density at radius 3 is 2.63 bits per heavy atom. The molecule has 1 heterocycles. The van der Waals surface area contributed by atoms with Crippen molar-refractivity contribution in [1.82, 2.24) is 10.6 Å². The van der Waals surface area contributed by atoms with E-state index in [9.17, 15) is 9.59 Å². The molecule has 0 spiro atoms. The predicted octanol–water partition coefficient (Wildman–Crippen LogP) is 2.61. The summed E-state index contributed by atoms with van der Waals surface area (Å²) in [7, 11) is 0. The van der Waals surface area contributed by atoms with Crippen molar-refractivity contribution >= 4 is 39.3 Å². The van der Waals surface area contributed by atoms with Gasteiger partial charge in [0.25, 0.3) is 0 Å². The van der Waals surface area contributed by atoms with E-state index in [1.165, 1.54) is 6.92 Å². The largest absolute Gasteiger partial charge is 0.480 e. The molecule has 1 aromatic heterocycles. The molecule has 0 aliphatic carbocycles. The molecule has 0 saturated carbocycles. The van der Waals surface area contributed by atoms with Gasteiger partial charge < -0.3 is 15.7 Å².